The molecule has 1 fully saturated rings. The van der Waals surface area contributed by atoms with Gasteiger partial charge in [0, 0.05) is 24.0 Å². The molecule has 2 amide bonds. The molecule has 10 heteroatoms. The van der Waals surface area contributed by atoms with Gasteiger partial charge >= 0.3 is 0 Å². The van der Waals surface area contributed by atoms with E-state index in [0.29, 0.717) is 16.3 Å². The zero-order valence-corrected chi connectivity index (χ0v) is 27.2. The molecule has 0 aliphatic heterocycles. The second-order valence-electron chi connectivity index (χ2n) is 11.6. The van der Waals surface area contributed by atoms with Gasteiger partial charge in [0.25, 0.3) is 10.0 Å². The van der Waals surface area contributed by atoms with Crippen LogP contribution in [0.2, 0.25) is 5.02 Å². The first kappa shape index (κ1) is 33.2. The molecule has 240 valence electrons. The van der Waals surface area contributed by atoms with Gasteiger partial charge in [0.2, 0.25) is 11.8 Å². The van der Waals surface area contributed by atoms with E-state index in [0.717, 1.165) is 41.1 Å². The number of hydrogen-bond donors (Lipinski definition) is 1. The van der Waals surface area contributed by atoms with Gasteiger partial charge in [-0.1, -0.05) is 84.6 Å². The minimum Gasteiger partial charge on any atom is -0.352 e. The molecule has 0 heterocycles. The quantitative estimate of drug-likeness (QED) is 0.184. The van der Waals surface area contributed by atoms with Crippen molar-refractivity contribution in [3.63, 3.8) is 0 Å². The third kappa shape index (κ3) is 8.33. The third-order valence-corrected chi connectivity index (χ3v) is 10.3. The highest BCUT2D eigenvalue weighted by Crippen LogP contribution is 2.27. The average molecular weight is 662 g/mol. The standard InChI is InChI=1S/C36H37ClFN3O4S/c1-26-11-19-32(20-12-26)41(46(44,45)33-21-15-29(37)16-22-33)25-35(42)40(24-28-13-17-30(38)18-14-28)34(23-27-7-3-2-4-8-27)36(43)39-31-9-5-6-10-31/h2-4,7-8,11-22,31,34H,5-6,9-10,23-25H2,1H3,(H,39,43)/t34-/m1/s1. The molecule has 1 atom stereocenters. The van der Waals surface area contributed by atoms with Crippen LogP contribution in [0.25, 0.3) is 0 Å². The Morgan fingerprint density at radius 2 is 1.50 bits per heavy atom. The Labute approximate surface area is 275 Å². The first-order valence-corrected chi connectivity index (χ1v) is 17.1. The summed E-state index contributed by atoms with van der Waals surface area (Å²) in [6.07, 6.45) is 3.95. The van der Waals surface area contributed by atoms with Crippen molar-refractivity contribution in [1.29, 1.82) is 0 Å². The summed E-state index contributed by atoms with van der Waals surface area (Å²) in [7, 11) is -4.24. The largest absolute Gasteiger partial charge is 0.352 e. The Bertz CT molecular complexity index is 1730. The van der Waals surface area contributed by atoms with Crippen LogP contribution in [-0.2, 0) is 32.6 Å². The molecule has 0 radical (unpaired) electrons. The van der Waals surface area contributed by atoms with Crippen LogP contribution in [0, 0.1) is 12.7 Å². The van der Waals surface area contributed by atoms with Gasteiger partial charge in [0.05, 0.1) is 10.6 Å². The summed E-state index contributed by atoms with van der Waals surface area (Å²) in [6.45, 7) is 1.28. The van der Waals surface area contributed by atoms with Crippen molar-refractivity contribution in [2.24, 2.45) is 0 Å². The van der Waals surface area contributed by atoms with E-state index in [1.54, 1.807) is 36.4 Å². The van der Waals surface area contributed by atoms with Crippen molar-refractivity contribution < 1.29 is 22.4 Å². The zero-order valence-electron chi connectivity index (χ0n) is 25.6. The number of aryl methyl sites for hydroxylation is 1. The van der Waals surface area contributed by atoms with Gasteiger partial charge in [-0.2, -0.15) is 0 Å². The number of carbonyl (C=O) groups excluding carboxylic acids is 2. The van der Waals surface area contributed by atoms with E-state index in [2.05, 4.69) is 5.32 Å². The fourth-order valence-corrected chi connectivity index (χ4v) is 7.22. The van der Waals surface area contributed by atoms with Crippen molar-refractivity contribution >= 4 is 39.1 Å². The highest BCUT2D eigenvalue weighted by molar-refractivity contribution is 7.92. The summed E-state index contributed by atoms with van der Waals surface area (Å²) in [6, 6.07) is 26.7. The predicted molar refractivity (Wildman–Crippen MR) is 178 cm³/mol. The van der Waals surface area contributed by atoms with Crippen LogP contribution < -0.4 is 9.62 Å². The Kier molecular flexibility index (Phi) is 10.8. The molecule has 1 aliphatic rings. The van der Waals surface area contributed by atoms with Crippen molar-refractivity contribution in [3.05, 3.63) is 131 Å². The van der Waals surface area contributed by atoms with Gasteiger partial charge in [0.1, 0.15) is 18.4 Å². The minimum atomic E-state index is -4.24. The Morgan fingerprint density at radius 3 is 2.13 bits per heavy atom. The molecule has 4 aromatic carbocycles. The Hall–Kier alpha value is -4.21. The first-order valence-electron chi connectivity index (χ1n) is 15.3. The van der Waals surface area contributed by atoms with Crippen molar-refractivity contribution in [2.75, 3.05) is 10.8 Å². The number of carbonyl (C=O) groups is 2. The lowest BCUT2D eigenvalue weighted by Crippen LogP contribution is -2.54. The summed E-state index contributed by atoms with van der Waals surface area (Å²) < 4.78 is 43.1. The molecule has 0 saturated heterocycles. The number of nitrogens with one attached hydrogen (secondary N) is 1. The maximum Gasteiger partial charge on any atom is 0.264 e. The smallest absolute Gasteiger partial charge is 0.264 e. The summed E-state index contributed by atoms with van der Waals surface area (Å²) in [5.74, 6) is -1.32. The summed E-state index contributed by atoms with van der Waals surface area (Å²) in [4.78, 5) is 29.9. The van der Waals surface area contributed by atoms with Gasteiger partial charge in [-0.15, -0.1) is 0 Å². The minimum absolute atomic E-state index is 0.00267. The number of nitrogens with zero attached hydrogens (tertiary/aromatic N) is 2. The lowest BCUT2D eigenvalue weighted by molar-refractivity contribution is -0.140. The average Bonchev–Trinajstić information content (AvgIpc) is 3.56. The SMILES string of the molecule is Cc1ccc(N(CC(=O)N(Cc2ccc(F)cc2)[C@H](Cc2ccccc2)C(=O)NC2CCCC2)S(=O)(=O)c2ccc(Cl)cc2)cc1. The van der Waals surface area contributed by atoms with Crippen LogP contribution in [0.4, 0.5) is 10.1 Å². The van der Waals surface area contributed by atoms with Crippen LogP contribution >= 0.6 is 11.6 Å². The third-order valence-electron chi connectivity index (χ3n) is 8.24. The van der Waals surface area contributed by atoms with Crippen LogP contribution in [0.3, 0.4) is 0 Å². The topological polar surface area (TPSA) is 86.8 Å². The number of anilines is 1. The van der Waals surface area contributed by atoms with Crippen LogP contribution in [0.1, 0.15) is 42.4 Å². The molecular weight excluding hydrogens is 625 g/mol. The molecule has 0 bridgehead atoms. The number of benzene rings is 4. The van der Waals surface area contributed by atoms with Crippen molar-refractivity contribution in [1.82, 2.24) is 10.2 Å². The molecule has 1 aliphatic carbocycles. The van der Waals surface area contributed by atoms with Crippen molar-refractivity contribution in [2.45, 2.75) is 62.6 Å². The summed E-state index contributed by atoms with van der Waals surface area (Å²) >= 11 is 6.05. The second kappa shape index (κ2) is 14.9. The van der Waals surface area contributed by atoms with Gasteiger partial charge in [-0.25, -0.2) is 12.8 Å². The number of hydrogen-bond acceptors (Lipinski definition) is 4. The van der Waals surface area contributed by atoms with Gasteiger partial charge < -0.3 is 10.2 Å². The maximum atomic E-state index is 14.5. The van der Waals surface area contributed by atoms with E-state index in [9.17, 15) is 22.4 Å². The van der Waals surface area contributed by atoms with E-state index < -0.39 is 34.3 Å². The molecule has 4 aromatic rings. The fraction of sp³-hybridized carbons (Fsp3) is 0.278. The van der Waals surface area contributed by atoms with Crippen molar-refractivity contribution in [3.8, 4) is 0 Å². The molecule has 46 heavy (non-hydrogen) atoms. The normalized spacial score (nSPS) is 14.1. The lowest BCUT2D eigenvalue weighted by atomic mass is 10.0. The Balaban J connectivity index is 1.55. The lowest BCUT2D eigenvalue weighted by Gasteiger charge is -2.34. The van der Waals surface area contributed by atoms with Crippen LogP contribution in [-0.4, -0.2) is 43.8 Å². The van der Waals surface area contributed by atoms with Gasteiger partial charge in [0.15, 0.2) is 0 Å². The highest BCUT2D eigenvalue weighted by Gasteiger charge is 2.35. The summed E-state index contributed by atoms with van der Waals surface area (Å²) in [5.41, 5.74) is 2.66. The molecule has 0 spiro atoms. The zero-order chi connectivity index (χ0) is 32.7. The molecule has 7 nitrogen and oxygen atoms in total. The molecule has 1 saturated carbocycles. The van der Waals surface area contributed by atoms with Gasteiger partial charge in [-0.3, -0.25) is 13.9 Å². The van der Waals surface area contributed by atoms with E-state index in [1.807, 2.05) is 37.3 Å². The number of amides is 2. The number of rotatable bonds is 12. The van der Waals surface area contributed by atoms with E-state index >= 15 is 0 Å². The fourth-order valence-electron chi connectivity index (χ4n) is 5.68. The highest BCUT2D eigenvalue weighted by atomic mass is 35.5. The molecule has 1 N–H and O–H groups in total. The van der Waals surface area contributed by atoms with Gasteiger partial charge in [-0.05, 0) is 79.4 Å². The van der Waals surface area contributed by atoms with E-state index in [1.165, 1.54) is 41.3 Å². The second-order valence-corrected chi connectivity index (χ2v) is 13.9. The van der Waals surface area contributed by atoms with Crippen LogP contribution in [0.5, 0.6) is 0 Å². The molecule has 0 unspecified atom stereocenters. The molecule has 5 rings (SSSR count). The maximum absolute atomic E-state index is 14.5. The number of halogens is 2. The van der Waals surface area contributed by atoms with E-state index in [-0.39, 0.29) is 29.8 Å². The van der Waals surface area contributed by atoms with E-state index in [4.69, 9.17) is 11.6 Å². The Morgan fingerprint density at radius 1 is 0.870 bits per heavy atom. The molecular formula is C36H37ClFN3O4S. The summed E-state index contributed by atoms with van der Waals surface area (Å²) in [5, 5.41) is 3.52. The van der Waals surface area contributed by atoms with Crippen LogP contribution in [0.15, 0.2) is 108 Å². The molecule has 0 aromatic heterocycles. The first-order chi connectivity index (χ1) is 22.1. The predicted octanol–water partition coefficient (Wildman–Crippen LogP) is 6.68. The number of sulfonamides is 1. The monoisotopic (exact) mass is 661 g/mol.